The highest BCUT2D eigenvalue weighted by Gasteiger charge is 2.14. The van der Waals surface area contributed by atoms with E-state index in [1.807, 2.05) is 54.6 Å². The Hall–Kier alpha value is -2.79. The number of ether oxygens (including phenoxy) is 1. The van der Waals surface area contributed by atoms with Crippen LogP contribution in [-0.4, -0.2) is 16.6 Å². The molecular weight excluding hydrogens is 336 g/mol. The molecule has 2 aromatic carbocycles. The molecule has 4 N–H and O–H groups in total. The van der Waals surface area contributed by atoms with E-state index in [0.29, 0.717) is 23.9 Å². The second kappa shape index (κ2) is 7.85. The van der Waals surface area contributed by atoms with Gasteiger partial charge in [-0.3, -0.25) is 0 Å². The van der Waals surface area contributed by atoms with Gasteiger partial charge < -0.3 is 16.2 Å². The quantitative estimate of drug-likeness (QED) is 0.654. The predicted octanol–water partition coefficient (Wildman–Crippen LogP) is 3.97. The number of nitrogens with two attached hydrogens (primary N) is 2. The molecule has 0 fully saturated rings. The normalized spacial score (nSPS) is 10.6. The van der Waals surface area contributed by atoms with E-state index < -0.39 is 0 Å². The average molecular weight is 355 g/mol. The van der Waals surface area contributed by atoms with Crippen LogP contribution in [0.3, 0.4) is 0 Å². The Morgan fingerprint density at radius 3 is 2.52 bits per heavy atom. The lowest BCUT2D eigenvalue weighted by molar-refractivity contribution is 0.310. The van der Waals surface area contributed by atoms with Gasteiger partial charge in [0.05, 0.1) is 12.3 Å². The van der Waals surface area contributed by atoms with Gasteiger partial charge in [0.15, 0.2) is 0 Å². The number of aromatic nitrogens is 2. The lowest BCUT2D eigenvalue weighted by Gasteiger charge is -2.13. The molecule has 0 aliphatic rings. The minimum Gasteiger partial charge on any atom is -0.494 e. The van der Waals surface area contributed by atoms with Crippen LogP contribution < -0.4 is 16.2 Å². The van der Waals surface area contributed by atoms with Crippen LogP contribution in [0.2, 0.25) is 5.02 Å². The van der Waals surface area contributed by atoms with E-state index in [0.717, 1.165) is 29.0 Å². The number of para-hydroxylation sites is 1. The van der Waals surface area contributed by atoms with Gasteiger partial charge in [-0.15, -0.1) is 0 Å². The Morgan fingerprint density at radius 1 is 0.960 bits per heavy atom. The van der Waals surface area contributed by atoms with Crippen molar-refractivity contribution in [3.8, 4) is 16.9 Å². The molecule has 6 heteroatoms. The van der Waals surface area contributed by atoms with Gasteiger partial charge in [-0.2, -0.15) is 4.98 Å². The predicted molar refractivity (Wildman–Crippen MR) is 102 cm³/mol. The smallest absolute Gasteiger partial charge is 0.222 e. The van der Waals surface area contributed by atoms with Crippen molar-refractivity contribution < 1.29 is 4.74 Å². The van der Waals surface area contributed by atoms with Crippen LogP contribution in [0.1, 0.15) is 12.1 Å². The standard InChI is InChI=1S/C19H19ClN4O/c20-14-7-4-6-13(12-14)17-16(23-19(22)24-18(17)21)10-5-11-25-15-8-2-1-3-9-15/h1-4,6-9,12H,5,10-11H2,(H4,21,22,23,24). The van der Waals surface area contributed by atoms with Crippen LogP contribution in [0, 0.1) is 0 Å². The zero-order valence-corrected chi connectivity index (χ0v) is 14.4. The Bertz CT molecular complexity index is 855. The molecule has 0 aliphatic heterocycles. The van der Waals surface area contributed by atoms with Crippen molar-refractivity contribution in [2.45, 2.75) is 12.8 Å². The topological polar surface area (TPSA) is 87.0 Å². The van der Waals surface area contributed by atoms with E-state index in [4.69, 9.17) is 27.8 Å². The third-order valence-corrected chi connectivity index (χ3v) is 3.95. The van der Waals surface area contributed by atoms with Gasteiger partial charge in [0.1, 0.15) is 11.6 Å². The molecular formula is C19H19ClN4O. The SMILES string of the molecule is Nc1nc(N)c(-c2cccc(Cl)c2)c(CCCOc2ccccc2)n1. The number of halogens is 1. The molecule has 128 valence electrons. The zero-order valence-electron chi connectivity index (χ0n) is 13.7. The Morgan fingerprint density at radius 2 is 1.76 bits per heavy atom. The molecule has 5 nitrogen and oxygen atoms in total. The highest BCUT2D eigenvalue weighted by molar-refractivity contribution is 6.30. The molecule has 1 aromatic heterocycles. The first-order valence-corrected chi connectivity index (χ1v) is 8.37. The second-order valence-electron chi connectivity index (χ2n) is 5.56. The molecule has 0 saturated heterocycles. The van der Waals surface area contributed by atoms with Gasteiger partial charge in [0, 0.05) is 10.6 Å². The van der Waals surface area contributed by atoms with E-state index in [2.05, 4.69) is 9.97 Å². The molecule has 3 rings (SSSR count). The van der Waals surface area contributed by atoms with Gasteiger partial charge in [0.2, 0.25) is 5.95 Å². The van der Waals surface area contributed by atoms with Crippen molar-refractivity contribution in [2.75, 3.05) is 18.1 Å². The molecule has 0 unspecified atom stereocenters. The largest absolute Gasteiger partial charge is 0.494 e. The minimum absolute atomic E-state index is 0.169. The Labute approximate surface area is 151 Å². The van der Waals surface area contributed by atoms with Gasteiger partial charge >= 0.3 is 0 Å². The summed E-state index contributed by atoms with van der Waals surface area (Å²) in [4.78, 5) is 8.46. The molecule has 0 amide bonds. The summed E-state index contributed by atoms with van der Waals surface area (Å²) in [6.45, 7) is 0.572. The van der Waals surface area contributed by atoms with Crippen LogP contribution in [0.25, 0.3) is 11.1 Å². The molecule has 3 aromatic rings. The summed E-state index contributed by atoms with van der Waals surface area (Å²) in [5.41, 5.74) is 14.3. The van der Waals surface area contributed by atoms with E-state index in [9.17, 15) is 0 Å². The maximum atomic E-state index is 6.10. The molecule has 0 atom stereocenters. The van der Waals surface area contributed by atoms with Gasteiger partial charge in [-0.1, -0.05) is 41.9 Å². The van der Waals surface area contributed by atoms with Gasteiger partial charge in [-0.25, -0.2) is 4.98 Å². The maximum Gasteiger partial charge on any atom is 0.222 e. The number of rotatable bonds is 6. The number of anilines is 2. The van der Waals surface area contributed by atoms with Crippen LogP contribution in [0.15, 0.2) is 54.6 Å². The Balaban J connectivity index is 1.76. The molecule has 0 bridgehead atoms. The molecule has 0 spiro atoms. The first kappa shape index (κ1) is 17.0. The first-order valence-electron chi connectivity index (χ1n) is 7.99. The maximum absolute atomic E-state index is 6.10. The third kappa shape index (κ3) is 4.39. The fraction of sp³-hybridized carbons (Fsp3) is 0.158. The number of aryl methyl sites for hydroxylation is 1. The summed E-state index contributed by atoms with van der Waals surface area (Å²) in [5, 5.41) is 0.632. The highest BCUT2D eigenvalue weighted by Crippen LogP contribution is 2.30. The summed E-state index contributed by atoms with van der Waals surface area (Å²) in [7, 11) is 0. The number of nitrogens with zero attached hydrogens (tertiary/aromatic N) is 2. The van der Waals surface area contributed by atoms with Crippen molar-refractivity contribution in [3.05, 3.63) is 65.3 Å². The lowest BCUT2D eigenvalue weighted by Crippen LogP contribution is -2.08. The van der Waals surface area contributed by atoms with Crippen LogP contribution in [0.4, 0.5) is 11.8 Å². The first-order chi connectivity index (χ1) is 12.1. The van der Waals surface area contributed by atoms with Crippen LogP contribution in [0.5, 0.6) is 5.75 Å². The summed E-state index contributed by atoms with van der Waals surface area (Å²) in [6.07, 6.45) is 1.45. The third-order valence-electron chi connectivity index (χ3n) is 3.71. The Kier molecular flexibility index (Phi) is 5.36. The van der Waals surface area contributed by atoms with Crippen molar-refractivity contribution in [1.82, 2.24) is 9.97 Å². The summed E-state index contributed by atoms with van der Waals surface area (Å²) in [6, 6.07) is 17.2. The second-order valence-corrected chi connectivity index (χ2v) is 6.00. The lowest BCUT2D eigenvalue weighted by atomic mass is 10.0. The van der Waals surface area contributed by atoms with E-state index in [1.165, 1.54) is 0 Å². The van der Waals surface area contributed by atoms with Crippen molar-refractivity contribution in [2.24, 2.45) is 0 Å². The van der Waals surface area contributed by atoms with Crippen LogP contribution >= 0.6 is 11.6 Å². The molecule has 0 saturated carbocycles. The number of benzene rings is 2. The fourth-order valence-corrected chi connectivity index (χ4v) is 2.82. The molecule has 1 heterocycles. The van der Waals surface area contributed by atoms with E-state index in [-0.39, 0.29) is 5.95 Å². The monoisotopic (exact) mass is 354 g/mol. The minimum atomic E-state index is 0.169. The fourth-order valence-electron chi connectivity index (χ4n) is 2.63. The average Bonchev–Trinajstić information content (AvgIpc) is 2.59. The van der Waals surface area contributed by atoms with Crippen molar-refractivity contribution in [1.29, 1.82) is 0 Å². The summed E-state index contributed by atoms with van der Waals surface area (Å²) >= 11 is 6.10. The van der Waals surface area contributed by atoms with E-state index >= 15 is 0 Å². The van der Waals surface area contributed by atoms with Gasteiger partial charge in [-0.05, 0) is 42.7 Å². The van der Waals surface area contributed by atoms with Crippen molar-refractivity contribution >= 4 is 23.4 Å². The number of nitrogen functional groups attached to an aromatic ring is 2. The summed E-state index contributed by atoms with van der Waals surface area (Å²) in [5.74, 6) is 1.37. The van der Waals surface area contributed by atoms with E-state index in [1.54, 1.807) is 0 Å². The van der Waals surface area contributed by atoms with Crippen molar-refractivity contribution in [3.63, 3.8) is 0 Å². The molecule has 25 heavy (non-hydrogen) atoms. The number of hydrogen-bond acceptors (Lipinski definition) is 5. The highest BCUT2D eigenvalue weighted by atomic mass is 35.5. The summed E-state index contributed by atoms with van der Waals surface area (Å²) < 4.78 is 5.73. The number of hydrogen-bond donors (Lipinski definition) is 2. The zero-order chi connectivity index (χ0) is 17.6. The van der Waals surface area contributed by atoms with Gasteiger partial charge in [0.25, 0.3) is 0 Å². The van der Waals surface area contributed by atoms with Crippen LogP contribution in [-0.2, 0) is 6.42 Å². The molecule has 0 radical (unpaired) electrons. The molecule has 0 aliphatic carbocycles.